The molecule has 0 aliphatic rings. The molecule has 0 aliphatic carbocycles. The van der Waals surface area contributed by atoms with Crippen molar-refractivity contribution in [1.82, 2.24) is 0 Å². The number of rotatable bonds is 7. The Morgan fingerprint density at radius 3 is 2.79 bits per heavy atom. The van der Waals surface area contributed by atoms with E-state index in [9.17, 15) is 14.9 Å². The SMILES string of the molecule is CSC(C)CCNc1c(C(=O)O)cccc1[N+](=O)[O-]. The first-order chi connectivity index (χ1) is 8.97. The molecule has 0 saturated carbocycles. The van der Waals surface area contributed by atoms with Crippen molar-refractivity contribution >= 4 is 29.1 Å². The lowest BCUT2D eigenvalue weighted by atomic mass is 10.1. The van der Waals surface area contributed by atoms with Gasteiger partial charge < -0.3 is 10.4 Å². The summed E-state index contributed by atoms with van der Waals surface area (Å²) in [6.45, 7) is 2.54. The van der Waals surface area contributed by atoms with E-state index in [1.54, 1.807) is 11.8 Å². The van der Waals surface area contributed by atoms with E-state index >= 15 is 0 Å². The average molecular weight is 284 g/mol. The number of carboxylic acid groups (broad SMARTS) is 1. The van der Waals surface area contributed by atoms with Gasteiger partial charge in [0.2, 0.25) is 0 Å². The lowest BCUT2D eigenvalue weighted by Crippen LogP contribution is -2.12. The summed E-state index contributed by atoms with van der Waals surface area (Å²) in [5, 5.41) is 23.3. The van der Waals surface area contributed by atoms with Gasteiger partial charge in [0, 0.05) is 17.9 Å². The summed E-state index contributed by atoms with van der Waals surface area (Å²) in [5.74, 6) is -1.18. The van der Waals surface area contributed by atoms with E-state index in [1.807, 2.05) is 13.2 Å². The Kier molecular flexibility index (Phi) is 5.62. The van der Waals surface area contributed by atoms with Gasteiger partial charge in [-0.05, 0) is 18.7 Å². The van der Waals surface area contributed by atoms with Crippen LogP contribution in [0.25, 0.3) is 0 Å². The first kappa shape index (κ1) is 15.3. The smallest absolute Gasteiger partial charge is 0.338 e. The van der Waals surface area contributed by atoms with Crippen LogP contribution in [0.1, 0.15) is 23.7 Å². The van der Waals surface area contributed by atoms with E-state index in [1.165, 1.54) is 18.2 Å². The first-order valence-electron chi connectivity index (χ1n) is 5.74. The highest BCUT2D eigenvalue weighted by Crippen LogP contribution is 2.28. The van der Waals surface area contributed by atoms with Gasteiger partial charge in [0.15, 0.2) is 0 Å². The minimum absolute atomic E-state index is 0.0771. The third-order valence-corrected chi connectivity index (χ3v) is 3.77. The zero-order valence-corrected chi connectivity index (χ0v) is 11.6. The van der Waals surface area contributed by atoms with Crippen molar-refractivity contribution < 1.29 is 14.8 Å². The predicted octanol–water partition coefficient (Wildman–Crippen LogP) is 2.85. The molecule has 1 atom stereocenters. The number of nitro groups is 1. The van der Waals surface area contributed by atoms with Crippen molar-refractivity contribution in [2.45, 2.75) is 18.6 Å². The van der Waals surface area contributed by atoms with Crippen molar-refractivity contribution in [2.75, 3.05) is 18.1 Å². The van der Waals surface area contributed by atoms with Crippen molar-refractivity contribution in [1.29, 1.82) is 0 Å². The molecule has 0 bridgehead atoms. The normalized spacial score (nSPS) is 11.9. The van der Waals surface area contributed by atoms with Gasteiger partial charge in [-0.3, -0.25) is 10.1 Å². The molecule has 0 heterocycles. The Morgan fingerprint density at radius 1 is 1.58 bits per heavy atom. The van der Waals surface area contributed by atoms with Crippen LogP contribution in [0.4, 0.5) is 11.4 Å². The van der Waals surface area contributed by atoms with Gasteiger partial charge in [-0.15, -0.1) is 0 Å². The molecule has 1 aromatic carbocycles. The van der Waals surface area contributed by atoms with Gasteiger partial charge >= 0.3 is 5.97 Å². The van der Waals surface area contributed by atoms with Gasteiger partial charge in [0.25, 0.3) is 5.69 Å². The number of anilines is 1. The van der Waals surface area contributed by atoms with E-state index < -0.39 is 10.9 Å². The molecule has 7 heteroatoms. The number of nitro benzene ring substituents is 1. The molecule has 0 radical (unpaired) electrons. The topological polar surface area (TPSA) is 92.5 Å². The molecular formula is C12H16N2O4S. The van der Waals surface area contributed by atoms with Gasteiger partial charge in [0.1, 0.15) is 5.69 Å². The van der Waals surface area contributed by atoms with E-state index in [4.69, 9.17) is 5.11 Å². The van der Waals surface area contributed by atoms with Crippen LogP contribution in [0.5, 0.6) is 0 Å². The molecule has 0 fully saturated rings. The number of thioether (sulfide) groups is 1. The molecule has 6 nitrogen and oxygen atoms in total. The largest absolute Gasteiger partial charge is 0.478 e. The van der Waals surface area contributed by atoms with Crippen LogP contribution in [0.15, 0.2) is 18.2 Å². The first-order valence-corrected chi connectivity index (χ1v) is 7.03. The summed E-state index contributed by atoms with van der Waals surface area (Å²) in [7, 11) is 0. The second-order valence-electron chi connectivity index (χ2n) is 4.02. The molecule has 19 heavy (non-hydrogen) atoms. The van der Waals surface area contributed by atoms with Crippen LogP contribution >= 0.6 is 11.8 Å². The molecule has 0 amide bonds. The maximum Gasteiger partial charge on any atom is 0.338 e. The third kappa shape index (κ3) is 4.13. The number of carboxylic acids is 1. The molecule has 1 rings (SSSR count). The summed E-state index contributed by atoms with van der Waals surface area (Å²) in [6.07, 6.45) is 2.78. The lowest BCUT2D eigenvalue weighted by Gasteiger charge is -2.12. The van der Waals surface area contributed by atoms with Crippen molar-refractivity contribution in [3.8, 4) is 0 Å². The van der Waals surface area contributed by atoms with E-state index in [0.29, 0.717) is 11.8 Å². The molecule has 0 saturated heterocycles. The number of nitrogens with zero attached hydrogens (tertiary/aromatic N) is 1. The zero-order valence-electron chi connectivity index (χ0n) is 10.8. The summed E-state index contributed by atoms with van der Waals surface area (Å²) in [5.41, 5.74) is -0.212. The van der Waals surface area contributed by atoms with Crippen LogP contribution in [0.2, 0.25) is 0 Å². The maximum atomic E-state index is 11.1. The Balaban J connectivity index is 2.95. The minimum atomic E-state index is -1.18. The molecule has 104 valence electrons. The van der Waals surface area contributed by atoms with Gasteiger partial charge in [0.05, 0.1) is 10.5 Å². The predicted molar refractivity (Wildman–Crippen MR) is 76.1 cm³/mol. The number of aromatic carboxylic acids is 1. The van der Waals surface area contributed by atoms with Crippen LogP contribution in [0.3, 0.4) is 0 Å². The van der Waals surface area contributed by atoms with Gasteiger partial charge in [-0.25, -0.2) is 4.79 Å². The molecule has 0 spiro atoms. The highest BCUT2D eigenvalue weighted by atomic mass is 32.2. The van der Waals surface area contributed by atoms with Crippen molar-refractivity contribution in [3.05, 3.63) is 33.9 Å². The summed E-state index contributed by atoms with van der Waals surface area (Å²) < 4.78 is 0. The third-order valence-electron chi connectivity index (χ3n) is 2.72. The highest BCUT2D eigenvalue weighted by molar-refractivity contribution is 7.99. The number of hydrogen-bond donors (Lipinski definition) is 2. The molecule has 2 N–H and O–H groups in total. The maximum absolute atomic E-state index is 11.1. The summed E-state index contributed by atoms with van der Waals surface area (Å²) in [4.78, 5) is 21.4. The summed E-state index contributed by atoms with van der Waals surface area (Å²) >= 11 is 1.69. The van der Waals surface area contributed by atoms with Crippen LogP contribution in [-0.4, -0.2) is 34.0 Å². The Morgan fingerprint density at radius 2 is 2.26 bits per heavy atom. The number of carbonyl (C=O) groups is 1. The van der Waals surface area contributed by atoms with E-state index in [0.717, 1.165) is 6.42 Å². The highest BCUT2D eigenvalue weighted by Gasteiger charge is 2.20. The fourth-order valence-electron chi connectivity index (χ4n) is 1.57. The standard InChI is InChI=1S/C12H16N2O4S/c1-8(19-2)6-7-13-11-9(12(15)16)4-3-5-10(11)14(17)18/h3-5,8,13H,6-7H2,1-2H3,(H,15,16). The van der Waals surface area contributed by atoms with Crippen LogP contribution in [0, 0.1) is 10.1 Å². The quantitative estimate of drug-likeness (QED) is 0.591. The second-order valence-corrected chi connectivity index (χ2v) is 5.30. The zero-order chi connectivity index (χ0) is 14.4. The molecule has 0 aromatic heterocycles. The number of para-hydroxylation sites is 1. The fraction of sp³-hybridized carbons (Fsp3) is 0.417. The number of hydrogen-bond acceptors (Lipinski definition) is 5. The Hall–Kier alpha value is -1.76. The van der Waals surface area contributed by atoms with Gasteiger partial charge in [-0.1, -0.05) is 13.0 Å². The van der Waals surface area contributed by atoms with Crippen LogP contribution < -0.4 is 5.32 Å². The minimum Gasteiger partial charge on any atom is -0.478 e. The van der Waals surface area contributed by atoms with E-state index in [-0.39, 0.29) is 16.9 Å². The lowest BCUT2D eigenvalue weighted by molar-refractivity contribution is -0.384. The van der Waals surface area contributed by atoms with Gasteiger partial charge in [-0.2, -0.15) is 11.8 Å². The van der Waals surface area contributed by atoms with Crippen molar-refractivity contribution in [3.63, 3.8) is 0 Å². The van der Waals surface area contributed by atoms with Crippen molar-refractivity contribution in [2.24, 2.45) is 0 Å². The number of benzene rings is 1. The Labute approximate surface area is 115 Å². The van der Waals surface area contributed by atoms with E-state index in [2.05, 4.69) is 5.32 Å². The van der Waals surface area contributed by atoms with Crippen LogP contribution in [-0.2, 0) is 0 Å². The Bertz CT molecular complexity index is 447. The molecule has 0 aliphatic heterocycles. The average Bonchev–Trinajstić information content (AvgIpc) is 2.37. The number of nitrogens with one attached hydrogen (secondary N) is 1. The fourth-order valence-corrected chi connectivity index (χ4v) is 1.93. The monoisotopic (exact) mass is 284 g/mol. The second kappa shape index (κ2) is 6.98. The molecule has 1 aromatic rings. The molecule has 1 unspecified atom stereocenters. The summed E-state index contributed by atoms with van der Waals surface area (Å²) in [6, 6.07) is 4.03. The molecular weight excluding hydrogens is 268 g/mol.